The van der Waals surface area contributed by atoms with E-state index in [0.717, 1.165) is 6.42 Å². The summed E-state index contributed by atoms with van der Waals surface area (Å²) in [5, 5.41) is 21.5. The fourth-order valence-corrected chi connectivity index (χ4v) is 2.57. The van der Waals surface area contributed by atoms with E-state index in [0.29, 0.717) is 22.8 Å². The van der Waals surface area contributed by atoms with Crippen LogP contribution < -0.4 is 4.90 Å². The Morgan fingerprint density at radius 1 is 1.40 bits per heavy atom. The molecule has 0 unspecified atom stereocenters. The van der Waals surface area contributed by atoms with Crippen molar-refractivity contribution < 1.29 is 15.0 Å². The predicted octanol–water partition coefficient (Wildman–Crippen LogP) is 2.98. The van der Waals surface area contributed by atoms with Crippen molar-refractivity contribution >= 4 is 22.4 Å². The summed E-state index contributed by atoms with van der Waals surface area (Å²) in [6, 6.07) is 4.34. The molecule has 1 heterocycles. The number of hydrogen-bond acceptors (Lipinski definition) is 5. The zero-order valence-corrected chi connectivity index (χ0v) is 12.1. The Balaban J connectivity index is 2.26. The van der Waals surface area contributed by atoms with Crippen LogP contribution in [0.25, 0.3) is 11.3 Å². The number of amides is 1. The number of rotatable bonds is 4. The number of benzene rings is 1. The predicted molar refractivity (Wildman–Crippen MR) is 79.2 cm³/mol. The van der Waals surface area contributed by atoms with Crippen molar-refractivity contribution in [2.45, 2.75) is 19.8 Å². The first-order chi connectivity index (χ1) is 9.52. The van der Waals surface area contributed by atoms with Crippen LogP contribution in [0.2, 0.25) is 0 Å². The van der Waals surface area contributed by atoms with E-state index in [9.17, 15) is 15.0 Å². The molecule has 2 rings (SSSR count). The summed E-state index contributed by atoms with van der Waals surface area (Å²) < 4.78 is 0. The number of nitrogens with zero attached hydrogens (tertiary/aromatic N) is 2. The Labute approximate surface area is 121 Å². The summed E-state index contributed by atoms with van der Waals surface area (Å²) in [4.78, 5) is 17.7. The van der Waals surface area contributed by atoms with Crippen molar-refractivity contribution in [2.75, 3.05) is 11.9 Å². The van der Waals surface area contributed by atoms with E-state index in [2.05, 4.69) is 4.98 Å². The van der Waals surface area contributed by atoms with Gasteiger partial charge in [0.1, 0.15) is 11.5 Å². The lowest BCUT2D eigenvalue weighted by molar-refractivity contribution is -0.118. The second kappa shape index (κ2) is 5.92. The molecule has 106 valence electrons. The summed E-state index contributed by atoms with van der Waals surface area (Å²) in [5.74, 6) is -0.0235. The zero-order chi connectivity index (χ0) is 14.7. The van der Waals surface area contributed by atoms with Crippen molar-refractivity contribution in [3.63, 3.8) is 0 Å². The second-order valence-corrected chi connectivity index (χ2v) is 5.26. The van der Waals surface area contributed by atoms with Gasteiger partial charge < -0.3 is 10.2 Å². The summed E-state index contributed by atoms with van der Waals surface area (Å²) in [6.07, 6.45) is 1.27. The monoisotopic (exact) mass is 292 g/mol. The average Bonchev–Trinajstić information content (AvgIpc) is 2.87. The van der Waals surface area contributed by atoms with Gasteiger partial charge in [0.2, 0.25) is 5.91 Å². The molecule has 5 nitrogen and oxygen atoms in total. The molecule has 0 aliphatic carbocycles. The molecule has 1 aromatic carbocycles. The number of carbonyl (C=O) groups excluding carboxylic acids is 1. The Hall–Kier alpha value is -2.08. The van der Waals surface area contributed by atoms with Crippen molar-refractivity contribution in [3.05, 3.63) is 23.6 Å². The third kappa shape index (κ3) is 2.91. The molecule has 2 aromatic rings. The lowest BCUT2D eigenvalue weighted by Crippen LogP contribution is -2.25. The maximum atomic E-state index is 11.8. The largest absolute Gasteiger partial charge is 0.508 e. The number of carbonyl (C=O) groups is 1. The van der Waals surface area contributed by atoms with E-state index >= 15 is 0 Å². The van der Waals surface area contributed by atoms with Gasteiger partial charge in [-0.2, -0.15) is 0 Å². The van der Waals surface area contributed by atoms with Crippen LogP contribution in [0.3, 0.4) is 0 Å². The molecule has 1 amide bonds. The lowest BCUT2D eigenvalue weighted by atomic mass is 10.1. The first-order valence-electron chi connectivity index (χ1n) is 6.27. The molecule has 0 radical (unpaired) electrons. The molecule has 0 spiro atoms. The zero-order valence-electron chi connectivity index (χ0n) is 11.3. The highest BCUT2D eigenvalue weighted by molar-refractivity contribution is 7.14. The Morgan fingerprint density at radius 3 is 2.80 bits per heavy atom. The maximum Gasteiger partial charge on any atom is 0.228 e. The average molecular weight is 292 g/mol. The van der Waals surface area contributed by atoms with Gasteiger partial charge in [0, 0.05) is 30.5 Å². The number of aromatic nitrogens is 1. The van der Waals surface area contributed by atoms with Gasteiger partial charge >= 0.3 is 0 Å². The quantitative estimate of drug-likeness (QED) is 0.908. The summed E-state index contributed by atoms with van der Waals surface area (Å²) in [7, 11) is 1.69. The SMILES string of the molecule is CCCC(=O)N(C)c1nc(-c2ccc(O)cc2O)cs1. The normalized spacial score (nSPS) is 10.5. The molecule has 0 fully saturated rings. The number of phenols is 2. The minimum atomic E-state index is -0.0376. The number of anilines is 1. The van der Waals surface area contributed by atoms with Gasteiger partial charge in [-0.3, -0.25) is 9.69 Å². The van der Waals surface area contributed by atoms with Gasteiger partial charge in [0.15, 0.2) is 5.13 Å². The molecule has 0 bridgehead atoms. The first kappa shape index (κ1) is 14.3. The Bertz CT molecular complexity index is 625. The fraction of sp³-hybridized carbons (Fsp3) is 0.286. The van der Waals surface area contributed by atoms with E-state index in [1.807, 2.05) is 6.92 Å². The molecule has 6 heteroatoms. The van der Waals surface area contributed by atoms with Crippen molar-refractivity contribution in [1.82, 2.24) is 4.98 Å². The van der Waals surface area contributed by atoms with Crippen LogP contribution >= 0.6 is 11.3 Å². The molecule has 2 N–H and O–H groups in total. The van der Waals surface area contributed by atoms with E-state index in [1.54, 1.807) is 18.5 Å². The molecule has 0 aliphatic rings. The first-order valence-corrected chi connectivity index (χ1v) is 7.15. The van der Waals surface area contributed by atoms with Gasteiger partial charge in [-0.25, -0.2) is 4.98 Å². The minimum Gasteiger partial charge on any atom is -0.508 e. The molecular formula is C14H16N2O3S. The molecule has 20 heavy (non-hydrogen) atoms. The molecule has 0 atom stereocenters. The number of thiazole rings is 1. The fourth-order valence-electron chi connectivity index (χ4n) is 1.77. The van der Waals surface area contributed by atoms with Crippen LogP contribution in [0.5, 0.6) is 11.5 Å². The second-order valence-electron chi connectivity index (χ2n) is 4.42. The van der Waals surface area contributed by atoms with Gasteiger partial charge in [-0.05, 0) is 18.6 Å². The summed E-state index contributed by atoms with van der Waals surface area (Å²) >= 11 is 1.34. The van der Waals surface area contributed by atoms with E-state index < -0.39 is 0 Å². The number of hydrogen-bond donors (Lipinski definition) is 2. The molecule has 1 aromatic heterocycles. The van der Waals surface area contributed by atoms with Gasteiger partial charge in [0.05, 0.1) is 5.69 Å². The van der Waals surface area contributed by atoms with E-state index in [1.165, 1.54) is 28.4 Å². The Morgan fingerprint density at radius 2 is 2.15 bits per heavy atom. The summed E-state index contributed by atoms with van der Waals surface area (Å²) in [5.41, 5.74) is 1.11. The topological polar surface area (TPSA) is 73.7 Å². The van der Waals surface area contributed by atoms with Crippen molar-refractivity contribution in [3.8, 4) is 22.8 Å². The number of phenolic OH excluding ortho intramolecular Hbond substituents is 2. The van der Waals surface area contributed by atoms with Crippen LogP contribution in [0.15, 0.2) is 23.6 Å². The third-order valence-corrected chi connectivity index (χ3v) is 3.79. The van der Waals surface area contributed by atoms with Gasteiger partial charge in [-0.1, -0.05) is 6.92 Å². The minimum absolute atomic E-state index is 0.00283. The smallest absolute Gasteiger partial charge is 0.228 e. The molecule has 0 saturated carbocycles. The van der Waals surface area contributed by atoms with Crippen LogP contribution in [-0.2, 0) is 4.79 Å². The van der Waals surface area contributed by atoms with E-state index in [4.69, 9.17) is 0 Å². The van der Waals surface area contributed by atoms with Crippen LogP contribution in [0.4, 0.5) is 5.13 Å². The molecule has 0 saturated heterocycles. The maximum absolute atomic E-state index is 11.8. The van der Waals surface area contributed by atoms with Gasteiger partial charge in [-0.15, -0.1) is 11.3 Å². The van der Waals surface area contributed by atoms with Crippen LogP contribution in [0.1, 0.15) is 19.8 Å². The highest BCUT2D eigenvalue weighted by Gasteiger charge is 2.15. The summed E-state index contributed by atoms with van der Waals surface area (Å²) in [6.45, 7) is 1.95. The third-order valence-electron chi connectivity index (χ3n) is 2.87. The van der Waals surface area contributed by atoms with Crippen molar-refractivity contribution in [2.24, 2.45) is 0 Å². The van der Waals surface area contributed by atoms with Crippen LogP contribution in [-0.4, -0.2) is 28.2 Å². The van der Waals surface area contributed by atoms with Crippen molar-refractivity contribution in [1.29, 1.82) is 0 Å². The lowest BCUT2D eigenvalue weighted by Gasteiger charge is -2.12. The Kier molecular flexibility index (Phi) is 4.24. The standard InChI is InChI=1S/C14H16N2O3S/c1-3-4-13(19)16(2)14-15-11(8-20-14)10-6-5-9(17)7-12(10)18/h5-8,17-18H,3-4H2,1-2H3. The van der Waals surface area contributed by atoms with E-state index in [-0.39, 0.29) is 17.4 Å². The van der Waals surface area contributed by atoms with Crippen LogP contribution in [0, 0.1) is 0 Å². The number of aromatic hydroxyl groups is 2. The highest BCUT2D eigenvalue weighted by Crippen LogP contribution is 2.34. The van der Waals surface area contributed by atoms with Gasteiger partial charge in [0.25, 0.3) is 0 Å². The highest BCUT2D eigenvalue weighted by atomic mass is 32.1. The molecule has 0 aliphatic heterocycles. The molecular weight excluding hydrogens is 276 g/mol.